The van der Waals surface area contributed by atoms with E-state index in [0.717, 1.165) is 35.3 Å². The summed E-state index contributed by atoms with van der Waals surface area (Å²) in [5, 5.41) is 12.7. The van der Waals surface area contributed by atoms with Crippen molar-refractivity contribution in [3.8, 4) is 10.4 Å². The van der Waals surface area contributed by atoms with Crippen molar-refractivity contribution < 1.29 is 19.4 Å². The fourth-order valence-corrected chi connectivity index (χ4v) is 3.65. The van der Waals surface area contributed by atoms with Gasteiger partial charge in [0.15, 0.2) is 11.2 Å². The Morgan fingerprint density at radius 1 is 1.24 bits per heavy atom. The summed E-state index contributed by atoms with van der Waals surface area (Å²) < 4.78 is 5.26. The molecule has 0 aliphatic heterocycles. The lowest BCUT2D eigenvalue weighted by atomic mass is 10.1. The highest BCUT2D eigenvalue weighted by Crippen LogP contribution is 2.31. The number of carboxylic acid groups (broad SMARTS) is 1. The van der Waals surface area contributed by atoms with Gasteiger partial charge in [0.25, 0.3) is 0 Å². The molecule has 0 bridgehead atoms. The summed E-state index contributed by atoms with van der Waals surface area (Å²) in [6.45, 7) is 4.93. The maximum absolute atomic E-state index is 12.2. The van der Waals surface area contributed by atoms with Gasteiger partial charge in [-0.3, -0.25) is 4.90 Å². The van der Waals surface area contributed by atoms with Gasteiger partial charge in [-0.2, -0.15) is 0 Å². The molecule has 0 aliphatic carbocycles. The number of carbonyl (C=O) groups is 2. The van der Waals surface area contributed by atoms with Gasteiger partial charge in [-0.05, 0) is 24.5 Å². The normalized spacial score (nSPS) is 11.8. The molecule has 2 amide bonds. The van der Waals surface area contributed by atoms with Crippen molar-refractivity contribution in [1.82, 2.24) is 10.3 Å². The largest absolute Gasteiger partial charge is 0.479 e. The first-order valence-electron chi connectivity index (χ1n) is 9.87. The summed E-state index contributed by atoms with van der Waals surface area (Å²) in [5.41, 5.74) is 1.86. The molecule has 2 rings (SSSR count). The molecule has 8 heteroatoms. The van der Waals surface area contributed by atoms with Gasteiger partial charge in [0, 0.05) is 32.8 Å². The minimum atomic E-state index is -0.959. The highest BCUT2D eigenvalue weighted by molar-refractivity contribution is 7.19. The average molecular weight is 420 g/mol. The molecule has 1 aromatic carbocycles. The van der Waals surface area contributed by atoms with Gasteiger partial charge in [-0.15, -0.1) is 0 Å². The molecule has 0 radical (unpaired) electrons. The maximum Gasteiger partial charge on any atom is 0.333 e. The molecule has 0 saturated heterocycles. The standard InChI is InChI=1S/C21H29N3O4S/c1-4-6-7-12-22-20(27)24(3)21-23-14-18(29-21)16-10-8-15(9-11-16)13-17(19(25)26)28-5-2/h8-11,14,17H,4-7,12-13H2,1-3H3,(H,22,27)(H,25,26)/t17-/m0/s1. The number of amides is 2. The van der Waals surface area contributed by atoms with Gasteiger partial charge in [-0.1, -0.05) is 55.4 Å². The Labute approximate surface area is 175 Å². The SMILES string of the molecule is CCCCCNC(=O)N(C)c1ncc(-c2ccc(C[C@H](OCC)C(=O)O)cc2)s1. The summed E-state index contributed by atoms with van der Waals surface area (Å²) in [6.07, 6.45) is 4.40. The van der Waals surface area contributed by atoms with E-state index in [4.69, 9.17) is 4.74 Å². The minimum Gasteiger partial charge on any atom is -0.479 e. The number of hydrogen-bond acceptors (Lipinski definition) is 5. The van der Waals surface area contributed by atoms with E-state index in [-0.39, 0.29) is 6.03 Å². The fraction of sp³-hybridized carbons (Fsp3) is 0.476. The van der Waals surface area contributed by atoms with E-state index >= 15 is 0 Å². The third kappa shape index (κ3) is 6.83. The molecule has 0 unspecified atom stereocenters. The number of thiazole rings is 1. The first-order valence-corrected chi connectivity index (χ1v) is 10.7. The van der Waals surface area contributed by atoms with Crippen LogP contribution in [-0.4, -0.2) is 48.4 Å². The molecule has 1 atom stereocenters. The highest BCUT2D eigenvalue weighted by Gasteiger charge is 2.18. The van der Waals surface area contributed by atoms with Gasteiger partial charge >= 0.3 is 12.0 Å². The van der Waals surface area contributed by atoms with Crippen LogP contribution in [0.25, 0.3) is 10.4 Å². The van der Waals surface area contributed by atoms with Gasteiger partial charge < -0.3 is 15.2 Å². The molecule has 0 aliphatic rings. The number of aliphatic carboxylic acids is 1. The number of nitrogens with zero attached hydrogens (tertiary/aromatic N) is 2. The van der Waals surface area contributed by atoms with Crippen LogP contribution in [0.1, 0.15) is 38.7 Å². The molecule has 1 heterocycles. The zero-order chi connectivity index (χ0) is 21.2. The lowest BCUT2D eigenvalue weighted by Crippen LogP contribution is -2.37. The summed E-state index contributed by atoms with van der Waals surface area (Å²) >= 11 is 1.43. The van der Waals surface area contributed by atoms with Crippen LogP contribution in [0.2, 0.25) is 0 Å². The zero-order valence-corrected chi connectivity index (χ0v) is 18.0. The fourth-order valence-electron chi connectivity index (χ4n) is 2.77. The first kappa shape index (κ1) is 22.8. The first-order chi connectivity index (χ1) is 14.0. The number of unbranched alkanes of at least 4 members (excludes halogenated alkanes) is 2. The molecule has 0 saturated carbocycles. The van der Waals surface area contributed by atoms with Crippen LogP contribution in [0, 0.1) is 0 Å². The van der Waals surface area contributed by atoms with Crippen molar-refractivity contribution in [2.45, 2.75) is 45.6 Å². The van der Waals surface area contributed by atoms with Crippen LogP contribution < -0.4 is 10.2 Å². The number of anilines is 1. The van der Waals surface area contributed by atoms with E-state index in [0.29, 0.717) is 24.7 Å². The number of aromatic nitrogens is 1. The third-order valence-electron chi connectivity index (χ3n) is 4.44. The Balaban J connectivity index is 1.99. The van der Waals surface area contributed by atoms with Crippen molar-refractivity contribution in [3.63, 3.8) is 0 Å². The summed E-state index contributed by atoms with van der Waals surface area (Å²) in [7, 11) is 1.71. The Hall–Kier alpha value is -2.45. The molecule has 29 heavy (non-hydrogen) atoms. The second-order valence-electron chi connectivity index (χ2n) is 6.69. The van der Waals surface area contributed by atoms with Crippen molar-refractivity contribution in [2.24, 2.45) is 0 Å². The van der Waals surface area contributed by atoms with Crippen molar-refractivity contribution in [3.05, 3.63) is 36.0 Å². The second kappa shape index (κ2) is 11.5. The van der Waals surface area contributed by atoms with Crippen LogP contribution >= 0.6 is 11.3 Å². The number of hydrogen-bond donors (Lipinski definition) is 2. The lowest BCUT2D eigenvalue weighted by molar-refractivity contribution is -0.149. The lowest BCUT2D eigenvalue weighted by Gasteiger charge is -2.14. The predicted octanol–water partition coefficient (Wildman–Crippen LogP) is 4.18. The number of carbonyl (C=O) groups excluding carboxylic acids is 1. The van der Waals surface area contributed by atoms with Crippen LogP contribution in [0.5, 0.6) is 0 Å². The number of rotatable bonds is 11. The molecule has 2 N–H and O–H groups in total. The summed E-state index contributed by atoms with van der Waals surface area (Å²) in [5.74, 6) is -0.959. The Bertz CT molecular complexity index is 791. The van der Waals surface area contributed by atoms with E-state index in [1.165, 1.54) is 16.2 Å². The van der Waals surface area contributed by atoms with E-state index in [1.807, 2.05) is 24.3 Å². The minimum absolute atomic E-state index is 0.159. The predicted molar refractivity (Wildman–Crippen MR) is 116 cm³/mol. The van der Waals surface area contributed by atoms with Crippen molar-refractivity contribution in [2.75, 3.05) is 25.1 Å². The Kier molecular flexibility index (Phi) is 9.08. The molecule has 7 nitrogen and oxygen atoms in total. The van der Waals surface area contributed by atoms with Crippen LogP contribution in [0.3, 0.4) is 0 Å². The molecular formula is C21H29N3O4S. The average Bonchev–Trinajstić information content (AvgIpc) is 3.20. The molecule has 0 fully saturated rings. The van der Waals surface area contributed by atoms with Gasteiger partial charge in [0.05, 0.1) is 4.88 Å². The maximum atomic E-state index is 12.2. The molecular weight excluding hydrogens is 390 g/mol. The van der Waals surface area contributed by atoms with Gasteiger partial charge in [0.2, 0.25) is 0 Å². The monoisotopic (exact) mass is 419 g/mol. The quantitative estimate of drug-likeness (QED) is 0.533. The number of nitrogens with one attached hydrogen (secondary N) is 1. The number of carboxylic acids is 1. The van der Waals surface area contributed by atoms with E-state index in [1.54, 1.807) is 20.2 Å². The summed E-state index contributed by atoms with van der Waals surface area (Å²) in [4.78, 5) is 30.3. The van der Waals surface area contributed by atoms with E-state index < -0.39 is 12.1 Å². The summed E-state index contributed by atoms with van der Waals surface area (Å²) in [6, 6.07) is 7.50. The Morgan fingerprint density at radius 2 is 1.97 bits per heavy atom. The number of benzene rings is 1. The van der Waals surface area contributed by atoms with Gasteiger partial charge in [-0.25, -0.2) is 14.6 Å². The molecule has 2 aromatic rings. The zero-order valence-electron chi connectivity index (χ0n) is 17.2. The van der Waals surface area contributed by atoms with E-state index in [9.17, 15) is 14.7 Å². The third-order valence-corrected chi connectivity index (χ3v) is 5.57. The van der Waals surface area contributed by atoms with Crippen LogP contribution in [-0.2, 0) is 16.0 Å². The van der Waals surface area contributed by atoms with Crippen molar-refractivity contribution in [1.29, 1.82) is 0 Å². The molecule has 0 spiro atoms. The molecule has 1 aromatic heterocycles. The number of urea groups is 1. The topological polar surface area (TPSA) is 91.8 Å². The second-order valence-corrected chi connectivity index (χ2v) is 7.70. The van der Waals surface area contributed by atoms with Crippen molar-refractivity contribution >= 4 is 28.5 Å². The number of ether oxygens (including phenoxy) is 1. The molecule has 158 valence electrons. The van der Waals surface area contributed by atoms with Crippen LogP contribution in [0.4, 0.5) is 9.93 Å². The van der Waals surface area contributed by atoms with Gasteiger partial charge in [0.1, 0.15) is 0 Å². The smallest absolute Gasteiger partial charge is 0.333 e. The Morgan fingerprint density at radius 3 is 2.59 bits per heavy atom. The van der Waals surface area contributed by atoms with E-state index in [2.05, 4.69) is 17.2 Å². The van der Waals surface area contributed by atoms with Crippen LogP contribution in [0.15, 0.2) is 30.5 Å². The highest BCUT2D eigenvalue weighted by atomic mass is 32.1.